The molecule has 0 unspecified atom stereocenters. The van der Waals surface area contributed by atoms with Crippen molar-refractivity contribution in [2.75, 3.05) is 0 Å². The van der Waals surface area contributed by atoms with E-state index in [-0.39, 0.29) is 0 Å². The highest BCUT2D eigenvalue weighted by molar-refractivity contribution is 5.91. The van der Waals surface area contributed by atoms with Crippen molar-refractivity contribution in [3.8, 4) is 22.3 Å². The van der Waals surface area contributed by atoms with Crippen molar-refractivity contribution in [2.45, 2.75) is 6.42 Å². The van der Waals surface area contributed by atoms with Crippen molar-refractivity contribution in [3.05, 3.63) is 89.3 Å². The maximum Gasteiger partial charge on any atom is 0.0212 e. The van der Waals surface area contributed by atoms with Gasteiger partial charge in [0.05, 0.1) is 0 Å². The second-order valence-electron chi connectivity index (χ2n) is 5.62. The Bertz CT molecular complexity index is 856. The summed E-state index contributed by atoms with van der Waals surface area (Å²) < 4.78 is 0. The minimum absolute atomic E-state index is 1.07. The van der Waals surface area contributed by atoms with Gasteiger partial charge in [0.15, 0.2) is 0 Å². The molecule has 20 heavy (non-hydrogen) atoms. The van der Waals surface area contributed by atoms with Gasteiger partial charge in [-0.2, -0.15) is 0 Å². The first kappa shape index (κ1) is 10.4. The van der Waals surface area contributed by atoms with E-state index in [1.807, 2.05) is 0 Å². The largest absolute Gasteiger partial charge is 0.0619 e. The molecule has 2 aliphatic rings. The molecule has 0 heterocycles. The molecule has 0 aliphatic heterocycles. The molecule has 0 nitrogen and oxygen atoms in total. The van der Waals surface area contributed by atoms with Crippen LogP contribution in [0, 0.1) is 6.42 Å². The van der Waals surface area contributed by atoms with Crippen molar-refractivity contribution >= 4 is 0 Å². The minimum Gasteiger partial charge on any atom is -0.0619 e. The summed E-state index contributed by atoms with van der Waals surface area (Å²) in [6.45, 7) is 0. The molecular weight excluding hydrogens is 240 g/mol. The second kappa shape index (κ2) is 3.61. The second-order valence-corrected chi connectivity index (χ2v) is 5.62. The molecule has 0 spiro atoms. The van der Waals surface area contributed by atoms with Gasteiger partial charge < -0.3 is 0 Å². The monoisotopic (exact) mass is 253 g/mol. The van der Waals surface area contributed by atoms with Gasteiger partial charge in [0.2, 0.25) is 0 Å². The molecule has 0 saturated heterocycles. The van der Waals surface area contributed by atoms with E-state index < -0.39 is 0 Å². The molecule has 93 valence electrons. The lowest BCUT2D eigenvalue weighted by Crippen LogP contribution is -1.88. The predicted octanol–water partition coefficient (Wildman–Crippen LogP) is 4.84. The number of rotatable bonds is 0. The van der Waals surface area contributed by atoms with Crippen LogP contribution >= 0.6 is 0 Å². The molecule has 0 fully saturated rings. The number of hydrogen-bond acceptors (Lipinski definition) is 0. The van der Waals surface area contributed by atoms with Crippen LogP contribution in [0.15, 0.2) is 60.7 Å². The van der Waals surface area contributed by atoms with Crippen LogP contribution in [0.5, 0.6) is 0 Å². The Kier molecular flexibility index (Phi) is 1.88. The summed E-state index contributed by atoms with van der Waals surface area (Å²) >= 11 is 0. The van der Waals surface area contributed by atoms with E-state index in [0.29, 0.717) is 0 Å². The highest BCUT2D eigenvalue weighted by Gasteiger charge is 2.27. The fourth-order valence-electron chi connectivity index (χ4n) is 3.69. The summed E-state index contributed by atoms with van der Waals surface area (Å²) in [6.07, 6.45) is 3.38. The van der Waals surface area contributed by atoms with Crippen LogP contribution in [0.25, 0.3) is 22.3 Å². The Morgan fingerprint density at radius 2 is 1.40 bits per heavy atom. The van der Waals surface area contributed by atoms with Gasteiger partial charge in [0, 0.05) is 6.42 Å². The minimum atomic E-state index is 1.07. The molecule has 0 aromatic heterocycles. The zero-order valence-electron chi connectivity index (χ0n) is 11.1. The van der Waals surface area contributed by atoms with E-state index in [1.165, 1.54) is 44.5 Å². The van der Waals surface area contributed by atoms with Crippen molar-refractivity contribution < 1.29 is 0 Å². The van der Waals surface area contributed by atoms with Crippen molar-refractivity contribution in [3.63, 3.8) is 0 Å². The Balaban J connectivity index is 1.84. The molecule has 2 aliphatic carbocycles. The van der Waals surface area contributed by atoms with Gasteiger partial charge in [0.25, 0.3) is 0 Å². The third kappa shape index (κ3) is 1.21. The van der Waals surface area contributed by atoms with Crippen molar-refractivity contribution in [1.82, 2.24) is 0 Å². The molecular formula is C20H13. The van der Waals surface area contributed by atoms with E-state index in [9.17, 15) is 0 Å². The van der Waals surface area contributed by atoms with Gasteiger partial charge in [-0.25, -0.2) is 0 Å². The number of hydrogen-bond donors (Lipinski definition) is 0. The third-order valence-corrected chi connectivity index (χ3v) is 4.56. The Labute approximate surface area is 118 Å². The summed E-state index contributed by atoms with van der Waals surface area (Å²) in [7, 11) is 0. The highest BCUT2D eigenvalue weighted by Crippen LogP contribution is 2.47. The highest BCUT2D eigenvalue weighted by atomic mass is 14.3. The first-order valence-electron chi connectivity index (χ1n) is 7.10. The van der Waals surface area contributed by atoms with Crippen LogP contribution in [-0.4, -0.2) is 0 Å². The molecule has 1 radical (unpaired) electrons. The molecule has 0 amide bonds. The fraction of sp³-hybridized carbons (Fsp3) is 0.0500. The first-order chi connectivity index (χ1) is 9.92. The van der Waals surface area contributed by atoms with E-state index in [4.69, 9.17) is 0 Å². The summed E-state index contributed by atoms with van der Waals surface area (Å²) in [5.74, 6) is 0. The molecule has 3 aromatic carbocycles. The van der Waals surface area contributed by atoms with Gasteiger partial charge in [0.1, 0.15) is 0 Å². The van der Waals surface area contributed by atoms with Gasteiger partial charge in [-0.05, 0) is 50.9 Å². The van der Waals surface area contributed by atoms with E-state index in [0.717, 1.165) is 6.42 Å². The van der Waals surface area contributed by atoms with Crippen molar-refractivity contribution in [1.29, 1.82) is 0 Å². The Hall–Kier alpha value is -2.34. The molecule has 0 atom stereocenters. The summed E-state index contributed by atoms with van der Waals surface area (Å²) in [4.78, 5) is 0. The van der Waals surface area contributed by atoms with Crippen molar-refractivity contribution in [2.24, 2.45) is 0 Å². The molecule has 0 bridgehead atoms. The molecule has 3 aromatic rings. The Morgan fingerprint density at radius 3 is 2.35 bits per heavy atom. The van der Waals surface area contributed by atoms with E-state index >= 15 is 0 Å². The summed E-state index contributed by atoms with van der Waals surface area (Å²) in [6, 6.07) is 22.1. The zero-order valence-corrected chi connectivity index (χ0v) is 11.1. The molecule has 0 saturated carbocycles. The topological polar surface area (TPSA) is 0 Å². The molecule has 0 heteroatoms. The molecule has 5 rings (SSSR count). The zero-order chi connectivity index (χ0) is 13.1. The maximum atomic E-state index is 2.31. The van der Waals surface area contributed by atoms with Gasteiger partial charge in [-0.1, -0.05) is 60.7 Å². The quantitative estimate of drug-likeness (QED) is 0.370. The van der Waals surface area contributed by atoms with E-state index in [1.54, 1.807) is 0 Å². The van der Waals surface area contributed by atoms with E-state index in [2.05, 4.69) is 67.1 Å². The van der Waals surface area contributed by atoms with Crippen LogP contribution < -0.4 is 0 Å². The van der Waals surface area contributed by atoms with Crippen LogP contribution in [0.1, 0.15) is 22.3 Å². The SMILES string of the molecule is [CH]1c2ccccc2-c2c1ccc1c2Cc2ccccc2-1. The number of benzene rings is 3. The summed E-state index contributed by atoms with van der Waals surface area (Å²) in [5, 5.41) is 0. The van der Waals surface area contributed by atoms with Crippen LogP contribution in [0.3, 0.4) is 0 Å². The summed E-state index contributed by atoms with van der Waals surface area (Å²) in [5.41, 5.74) is 11.4. The smallest absolute Gasteiger partial charge is 0.0212 e. The lowest BCUT2D eigenvalue weighted by Gasteiger charge is -2.08. The van der Waals surface area contributed by atoms with Gasteiger partial charge >= 0.3 is 0 Å². The maximum absolute atomic E-state index is 2.31. The average Bonchev–Trinajstić information content (AvgIpc) is 3.04. The van der Waals surface area contributed by atoms with Gasteiger partial charge in [-0.15, -0.1) is 0 Å². The average molecular weight is 253 g/mol. The van der Waals surface area contributed by atoms with Gasteiger partial charge in [-0.3, -0.25) is 0 Å². The van der Waals surface area contributed by atoms with Crippen LogP contribution in [-0.2, 0) is 6.42 Å². The predicted molar refractivity (Wildman–Crippen MR) is 82.6 cm³/mol. The molecule has 0 N–H and O–H groups in total. The third-order valence-electron chi connectivity index (χ3n) is 4.56. The number of fused-ring (bicyclic) bond motifs is 7. The Morgan fingerprint density at radius 1 is 0.600 bits per heavy atom. The lowest BCUT2D eigenvalue weighted by molar-refractivity contribution is 1.26. The standard InChI is InChI=1S/C20H13/c1-3-7-16-14(6-1)12-19-18(16)10-9-15-11-13-5-2-4-8-17(13)20(15)19/h1-11H,12H2. The lowest BCUT2D eigenvalue weighted by atomic mass is 9.95. The fourth-order valence-corrected chi connectivity index (χ4v) is 3.69. The normalized spacial score (nSPS) is 13.6. The van der Waals surface area contributed by atoms with Crippen LogP contribution in [0.4, 0.5) is 0 Å². The van der Waals surface area contributed by atoms with Crippen LogP contribution in [0.2, 0.25) is 0 Å². The first-order valence-corrected chi connectivity index (χ1v) is 7.10.